The maximum absolute atomic E-state index is 11.9. The van der Waals surface area contributed by atoms with Gasteiger partial charge < -0.3 is 10.4 Å². The van der Waals surface area contributed by atoms with Gasteiger partial charge in [0.2, 0.25) is 5.91 Å². The predicted molar refractivity (Wildman–Crippen MR) is 61.0 cm³/mol. The van der Waals surface area contributed by atoms with Gasteiger partial charge in [0, 0.05) is 5.92 Å². The Labute approximate surface area is 96.4 Å². The second kappa shape index (κ2) is 6.51. The minimum atomic E-state index is -0.940. The molecule has 0 aromatic heterocycles. The van der Waals surface area contributed by atoms with E-state index in [1.54, 1.807) is 6.92 Å². The van der Waals surface area contributed by atoms with Gasteiger partial charge in [-0.3, -0.25) is 4.79 Å². The van der Waals surface area contributed by atoms with E-state index in [0.29, 0.717) is 6.42 Å². The Morgan fingerprint density at radius 3 is 2.25 bits per heavy atom. The first kappa shape index (κ1) is 13.0. The van der Waals surface area contributed by atoms with E-state index in [4.69, 9.17) is 5.11 Å². The molecule has 1 fully saturated rings. The number of hydrogen-bond acceptors (Lipinski definition) is 2. The fraction of sp³-hybridized carbons (Fsp3) is 0.833. The summed E-state index contributed by atoms with van der Waals surface area (Å²) in [6.45, 7) is 1.77. The summed E-state index contributed by atoms with van der Waals surface area (Å²) < 4.78 is 0. The van der Waals surface area contributed by atoms with Crippen molar-refractivity contribution in [1.82, 2.24) is 5.32 Å². The van der Waals surface area contributed by atoms with E-state index >= 15 is 0 Å². The van der Waals surface area contributed by atoms with Crippen molar-refractivity contribution in [2.75, 3.05) is 0 Å². The first-order valence-electron chi connectivity index (χ1n) is 6.18. The number of carbonyl (C=O) groups excluding carboxylic acids is 1. The number of carboxylic acids is 1. The van der Waals surface area contributed by atoms with Crippen LogP contribution in [0.3, 0.4) is 0 Å². The van der Waals surface area contributed by atoms with E-state index in [0.717, 1.165) is 25.7 Å². The molecular formula is C12H21NO3. The number of nitrogens with one attached hydrogen (secondary N) is 1. The van der Waals surface area contributed by atoms with Crippen molar-refractivity contribution in [3.63, 3.8) is 0 Å². The summed E-state index contributed by atoms with van der Waals surface area (Å²) in [4.78, 5) is 22.7. The van der Waals surface area contributed by atoms with E-state index < -0.39 is 12.0 Å². The standard InChI is InChI=1S/C12H21NO3/c1-2-10(12(15)16)13-11(14)9-7-5-3-4-6-8-9/h9-10H,2-8H2,1H3,(H,13,14)(H,15,16). The quantitative estimate of drug-likeness (QED) is 0.721. The third-order valence-electron chi connectivity index (χ3n) is 3.25. The van der Waals surface area contributed by atoms with Crippen LogP contribution in [-0.4, -0.2) is 23.0 Å². The SMILES string of the molecule is CCC(NC(=O)C1CCCCCC1)C(=O)O. The van der Waals surface area contributed by atoms with Gasteiger partial charge in [0.1, 0.15) is 6.04 Å². The lowest BCUT2D eigenvalue weighted by Crippen LogP contribution is -2.43. The molecule has 0 aromatic carbocycles. The second-order valence-electron chi connectivity index (χ2n) is 4.50. The first-order chi connectivity index (χ1) is 7.65. The first-order valence-corrected chi connectivity index (χ1v) is 6.18. The molecule has 2 N–H and O–H groups in total. The lowest BCUT2D eigenvalue weighted by atomic mass is 9.99. The van der Waals surface area contributed by atoms with Gasteiger partial charge in [0.05, 0.1) is 0 Å². The number of rotatable bonds is 4. The molecule has 1 atom stereocenters. The Bertz CT molecular complexity index is 245. The van der Waals surface area contributed by atoms with Crippen molar-refractivity contribution in [1.29, 1.82) is 0 Å². The van der Waals surface area contributed by atoms with E-state index in [-0.39, 0.29) is 11.8 Å². The van der Waals surface area contributed by atoms with Crippen LogP contribution in [0.1, 0.15) is 51.9 Å². The van der Waals surface area contributed by atoms with Crippen LogP contribution in [0.15, 0.2) is 0 Å². The van der Waals surface area contributed by atoms with Crippen LogP contribution >= 0.6 is 0 Å². The van der Waals surface area contributed by atoms with Crippen molar-refractivity contribution in [2.45, 2.75) is 57.9 Å². The summed E-state index contributed by atoms with van der Waals surface area (Å²) in [5, 5.41) is 11.5. The van der Waals surface area contributed by atoms with Crippen LogP contribution in [0.2, 0.25) is 0 Å². The minimum absolute atomic E-state index is 0.0240. The molecule has 0 saturated heterocycles. The summed E-state index contributed by atoms with van der Waals surface area (Å²) >= 11 is 0. The normalized spacial score (nSPS) is 19.8. The highest BCUT2D eigenvalue weighted by Gasteiger charge is 2.24. The largest absolute Gasteiger partial charge is 0.480 e. The van der Waals surface area contributed by atoms with Crippen LogP contribution in [0.4, 0.5) is 0 Å². The highest BCUT2D eigenvalue weighted by atomic mass is 16.4. The third-order valence-corrected chi connectivity index (χ3v) is 3.25. The topological polar surface area (TPSA) is 66.4 Å². The molecule has 1 saturated carbocycles. The Kier molecular flexibility index (Phi) is 5.29. The summed E-state index contributed by atoms with van der Waals surface area (Å²) in [7, 11) is 0. The monoisotopic (exact) mass is 227 g/mol. The zero-order chi connectivity index (χ0) is 12.0. The van der Waals surface area contributed by atoms with Gasteiger partial charge in [-0.1, -0.05) is 32.6 Å². The van der Waals surface area contributed by atoms with Crippen molar-refractivity contribution in [3.8, 4) is 0 Å². The van der Waals surface area contributed by atoms with Crippen LogP contribution < -0.4 is 5.32 Å². The highest BCUT2D eigenvalue weighted by Crippen LogP contribution is 2.23. The van der Waals surface area contributed by atoms with Crippen LogP contribution in [0.5, 0.6) is 0 Å². The van der Waals surface area contributed by atoms with Crippen molar-refractivity contribution < 1.29 is 14.7 Å². The fourth-order valence-corrected chi connectivity index (χ4v) is 2.17. The molecule has 1 aliphatic carbocycles. The molecular weight excluding hydrogens is 206 g/mol. The van der Waals surface area contributed by atoms with Crippen LogP contribution in [0.25, 0.3) is 0 Å². The van der Waals surface area contributed by atoms with Gasteiger partial charge in [0.15, 0.2) is 0 Å². The molecule has 92 valence electrons. The van der Waals surface area contributed by atoms with E-state index in [9.17, 15) is 9.59 Å². The van der Waals surface area contributed by atoms with Gasteiger partial charge in [0.25, 0.3) is 0 Å². The Morgan fingerprint density at radius 2 is 1.81 bits per heavy atom. The molecule has 0 heterocycles. The Hall–Kier alpha value is -1.06. The third kappa shape index (κ3) is 3.83. The minimum Gasteiger partial charge on any atom is -0.480 e. The smallest absolute Gasteiger partial charge is 0.326 e. The summed E-state index contributed by atoms with van der Waals surface area (Å²) in [6.07, 6.45) is 6.81. The van der Waals surface area contributed by atoms with Crippen molar-refractivity contribution in [2.24, 2.45) is 5.92 Å². The molecule has 0 bridgehead atoms. The number of amides is 1. The number of hydrogen-bond donors (Lipinski definition) is 2. The summed E-state index contributed by atoms with van der Waals surface area (Å²) in [6, 6.07) is -0.726. The molecule has 0 aliphatic heterocycles. The molecule has 0 spiro atoms. The lowest BCUT2D eigenvalue weighted by molar-refractivity contribution is -0.142. The van der Waals surface area contributed by atoms with Crippen LogP contribution in [-0.2, 0) is 9.59 Å². The second-order valence-corrected chi connectivity index (χ2v) is 4.50. The van der Waals surface area contributed by atoms with Gasteiger partial charge in [-0.05, 0) is 19.3 Å². The molecule has 1 aliphatic rings. The molecule has 1 rings (SSSR count). The number of aliphatic carboxylic acids is 1. The summed E-state index contributed by atoms with van der Waals surface area (Å²) in [5.41, 5.74) is 0. The molecule has 4 heteroatoms. The molecule has 4 nitrogen and oxygen atoms in total. The maximum atomic E-state index is 11.9. The maximum Gasteiger partial charge on any atom is 0.326 e. The molecule has 0 radical (unpaired) electrons. The number of carboxylic acid groups (broad SMARTS) is 1. The van der Waals surface area contributed by atoms with Gasteiger partial charge in [-0.15, -0.1) is 0 Å². The zero-order valence-electron chi connectivity index (χ0n) is 9.87. The zero-order valence-corrected chi connectivity index (χ0v) is 9.87. The lowest BCUT2D eigenvalue weighted by Gasteiger charge is -2.17. The van der Waals surface area contributed by atoms with Crippen molar-refractivity contribution >= 4 is 11.9 Å². The Morgan fingerprint density at radius 1 is 1.25 bits per heavy atom. The Balaban J connectivity index is 2.46. The average Bonchev–Trinajstić information content (AvgIpc) is 2.53. The fourth-order valence-electron chi connectivity index (χ4n) is 2.17. The van der Waals surface area contributed by atoms with E-state index in [1.165, 1.54) is 12.8 Å². The van der Waals surface area contributed by atoms with Crippen LogP contribution in [0, 0.1) is 5.92 Å². The van der Waals surface area contributed by atoms with Gasteiger partial charge in [-0.25, -0.2) is 4.79 Å². The predicted octanol–water partition coefficient (Wildman–Crippen LogP) is 1.94. The van der Waals surface area contributed by atoms with Crippen molar-refractivity contribution in [3.05, 3.63) is 0 Å². The highest BCUT2D eigenvalue weighted by molar-refractivity contribution is 5.84. The molecule has 1 amide bonds. The average molecular weight is 227 g/mol. The van der Waals surface area contributed by atoms with Gasteiger partial charge >= 0.3 is 5.97 Å². The molecule has 0 aromatic rings. The number of carbonyl (C=O) groups is 2. The molecule has 1 unspecified atom stereocenters. The van der Waals surface area contributed by atoms with E-state index in [2.05, 4.69) is 5.32 Å². The van der Waals surface area contributed by atoms with Gasteiger partial charge in [-0.2, -0.15) is 0 Å². The molecule has 16 heavy (non-hydrogen) atoms. The van der Waals surface area contributed by atoms with E-state index in [1.807, 2.05) is 0 Å². The summed E-state index contributed by atoms with van der Waals surface area (Å²) in [5.74, 6) is -0.989.